The Kier molecular flexibility index (Phi) is 7.27. The van der Waals surface area contributed by atoms with Crippen molar-refractivity contribution in [1.29, 1.82) is 0 Å². The zero-order chi connectivity index (χ0) is 21.0. The minimum atomic E-state index is -1.36. The van der Waals surface area contributed by atoms with Gasteiger partial charge in [0.2, 0.25) is 0 Å². The van der Waals surface area contributed by atoms with E-state index in [1.165, 1.54) is 0 Å². The summed E-state index contributed by atoms with van der Waals surface area (Å²) >= 11 is 0. The van der Waals surface area contributed by atoms with Crippen LogP contribution < -0.4 is 5.32 Å². The van der Waals surface area contributed by atoms with Gasteiger partial charge >= 0.3 is 12.0 Å². The summed E-state index contributed by atoms with van der Waals surface area (Å²) in [5.74, 6) is -0.974. The Morgan fingerprint density at radius 2 is 1.52 bits per heavy atom. The third kappa shape index (κ3) is 4.56. The number of hydrogen-bond donors (Lipinski definition) is 1. The van der Waals surface area contributed by atoms with Crippen LogP contribution in [-0.4, -0.2) is 67.3 Å². The van der Waals surface area contributed by atoms with Crippen molar-refractivity contribution in [2.45, 2.75) is 5.54 Å². The first-order chi connectivity index (χ1) is 14.6. The molecule has 4 rings (SSSR count). The SMILES string of the molecule is Cl.O=C(CN1CCOCC1)OCN1C(=O)NC(c2ccccc2)(c2ccccc2)C1=O. The average molecular weight is 446 g/mol. The molecule has 0 saturated carbocycles. The second-order valence-corrected chi connectivity index (χ2v) is 7.18. The Hall–Kier alpha value is -2.94. The summed E-state index contributed by atoms with van der Waals surface area (Å²) in [6, 6.07) is 17.5. The van der Waals surface area contributed by atoms with Crippen LogP contribution in [0.5, 0.6) is 0 Å². The molecule has 2 fully saturated rings. The van der Waals surface area contributed by atoms with Gasteiger partial charge in [0.05, 0.1) is 19.8 Å². The number of carbonyl (C=O) groups excluding carboxylic acids is 3. The zero-order valence-electron chi connectivity index (χ0n) is 16.9. The van der Waals surface area contributed by atoms with Gasteiger partial charge in [-0.2, -0.15) is 0 Å². The van der Waals surface area contributed by atoms with Gasteiger partial charge in [-0.25, -0.2) is 9.69 Å². The van der Waals surface area contributed by atoms with E-state index in [4.69, 9.17) is 9.47 Å². The summed E-state index contributed by atoms with van der Waals surface area (Å²) in [6.45, 7) is 2.07. The molecule has 2 aromatic rings. The lowest BCUT2D eigenvalue weighted by Gasteiger charge is -2.28. The number of urea groups is 1. The van der Waals surface area contributed by atoms with Crippen LogP contribution in [0.2, 0.25) is 0 Å². The van der Waals surface area contributed by atoms with Gasteiger partial charge in [0.1, 0.15) is 0 Å². The highest BCUT2D eigenvalue weighted by molar-refractivity contribution is 6.09. The van der Waals surface area contributed by atoms with E-state index in [-0.39, 0.29) is 19.0 Å². The molecule has 0 aromatic heterocycles. The van der Waals surface area contributed by atoms with Gasteiger partial charge < -0.3 is 14.8 Å². The molecule has 0 spiro atoms. The van der Waals surface area contributed by atoms with E-state index in [1.54, 1.807) is 24.3 Å². The maximum absolute atomic E-state index is 13.5. The molecule has 8 nitrogen and oxygen atoms in total. The Labute approximate surface area is 186 Å². The number of halogens is 1. The molecule has 0 atom stereocenters. The van der Waals surface area contributed by atoms with Gasteiger partial charge in [0.25, 0.3) is 5.91 Å². The summed E-state index contributed by atoms with van der Waals surface area (Å²) in [6.07, 6.45) is 0. The van der Waals surface area contributed by atoms with Gasteiger partial charge in [0.15, 0.2) is 12.3 Å². The van der Waals surface area contributed by atoms with Crippen molar-refractivity contribution in [2.75, 3.05) is 39.6 Å². The lowest BCUT2D eigenvalue weighted by molar-refractivity contribution is -0.152. The number of amides is 3. The van der Waals surface area contributed by atoms with Crippen molar-refractivity contribution in [1.82, 2.24) is 15.1 Å². The second kappa shape index (κ2) is 9.91. The van der Waals surface area contributed by atoms with Crippen LogP contribution in [0.1, 0.15) is 11.1 Å². The Morgan fingerprint density at radius 1 is 0.968 bits per heavy atom. The highest BCUT2D eigenvalue weighted by Gasteiger charge is 2.54. The largest absolute Gasteiger partial charge is 0.443 e. The molecule has 3 amide bonds. The van der Waals surface area contributed by atoms with Crippen molar-refractivity contribution < 1.29 is 23.9 Å². The maximum Gasteiger partial charge on any atom is 0.328 e. The molecule has 2 saturated heterocycles. The van der Waals surface area contributed by atoms with Gasteiger partial charge in [0, 0.05) is 13.1 Å². The fourth-order valence-corrected chi connectivity index (χ4v) is 3.75. The number of ether oxygens (including phenoxy) is 2. The first-order valence-electron chi connectivity index (χ1n) is 9.82. The van der Waals surface area contributed by atoms with Gasteiger partial charge in [-0.3, -0.25) is 14.5 Å². The van der Waals surface area contributed by atoms with Crippen LogP contribution >= 0.6 is 12.4 Å². The molecular weight excluding hydrogens is 422 g/mol. The van der Waals surface area contributed by atoms with E-state index in [0.29, 0.717) is 37.4 Å². The minimum absolute atomic E-state index is 0. The molecule has 164 valence electrons. The minimum Gasteiger partial charge on any atom is -0.443 e. The first kappa shape index (κ1) is 22.7. The van der Waals surface area contributed by atoms with Crippen molar-refractivity contribution in [3.05, 3.63) is 71.8 Å². The van der Waals surface area contributed by atoms with Crippen molar-refractivity contribution >= 4 is 30.3 Å². The van der Waals surface area contributed by atoms with Crippen LogP contribution in [0.25, 0.3) is 0 Å². The molecule has 2 aliphatic heterocycles. The second-order valence-electron chi connectivity index (χ2n) is 7.18. The number of imide groups is 1. The van der Waals surface area contributed by atoms with Gasteiger partial charge in [-0.1, -0.05) is 60.7 Å². The maximum atomic E-state index is 13.5. The van der Waals surface area contributed by atoms with E-state index in [9.17, 15) is 14.4 Å². The molecule has 2 aliphatic rings. The van der Waals surface area contributed by atoms with Gasteiger partial charge in [-0.05, 0) is 11.1 Å². The molecule has 0 radical (unpaired) electrons. The summed E-state index contributed by atoms with van der Waals surface area (Å²) in [7, 11) is 0. The van der Waals surface area contributed by atoms with E-state index >= 15 is 0 Å². The Bertz CT molecular complexity index is 880. The number of nitrogens with zero attached hydrogens (tertiary/aromatic N) is 2. The quantitative estimate of drug-likeness (QED) is 0.538. The molecular formula is C22H24ClN3O5. The van der Waals surface area contributed by atoms with Crippen LogP contribution in [0.15, 0.2) is 60.7 Å². The van der Waals surface area contributed by atoms with Crippen molar-refractivity contribution in [3.63, 3.8) is 0 Å². The number of carbonyl (C=O) groups is 3. The molecule has 9 heteroatoms. The van der Waals surface area contributed by atoms with E-state index in [1.807, 2.05) is 41.3 Å². The smallest absolute Gasteiger partial charge is 0.328 e. The van der Waals surface area contributed by atoms with E-state index < -0.39 is 30.2 Å². The summed E-state index contributed by atoms with van der Waals surface area (Å²) in [4.78, 5) is 41.3. The highest BCUT2D eigenvalue weighted by Crippen LogP contribution is 2.35. The number of nitrogens with one attached hydrogen (secondary N) is 1. The first-order valence-corrected chi connectivity index (χ1v) is 9.82. The fraction of sp³-hybridized carbons (Fsp3) is 0.318. The molecule has 0 bridgehead atoms. The molecule has 2 aromatic carbocycles. The van der Waals surface area contributed by atoms with E-state index in [0.717, 1.165) is 4.90 Å². The Morgan fingerprint density at radius 3 is 2.06 bits per heavy atom. The lowest BCUT2D eigenvalue weighted by atomic mass is 9.83. The van der Waals surface area contributed by atoms with Crippen molar-refractivity contribution in [2.24, 2.45) is 0 Å². The zero-order valence-corrected chi connectivity index (χ0v) is 17.7. The molecule has 1 N–H and O–H groups in total. The lowest BCUT2D eigenvalue weighted by Crippen LogP contribution is -2.45. The number of esters is 1. The third-order valence-electron chi connectivity index (χ3n) is 5.33. The van der Waals surface area contributed by atoms with E-state index in [2.05, 4.69) is 5.32 Å². The summed E-state index contributed by atoms with van der Waals surface area (Å²) < 4.78 is 10.5. The topological polar surface area (TPSA) is 88.2 Å². The molecule has 31 heavy (non-hydrogen) atoms. The predicted octanol–water partition coefficient (Wildman–Crippen LogP) is 1.74. The van der Waals surface area contributed by atoms with Crippen LogP contribution in [-0.2, 0) is 24.6 Å². The number of hydrogen-bond acceptors (Lipinski definition) is 6. The number of benzene rings is 2. The number of morpholine rings is 1. The van der Waals surface area contributed by atoms with Crippen LogP contribution in [0, 0.1) is 0 Å². The summed E-state index contributed by atoms with van der Waals surface area (Å²) in [5.41, 5.74) is -0.0932. The van der Waals surface area contributed by atoms with Crippen LogP contribution in [0.4, 0.5) is 4.79 Å². The average Bonchev–Trinajstić information content (AvgIpc) is 3.05. The standard InChI is InChI=1S/C22H23N3O5.ClH/c26-19(15-24-11-13-29-14-12-24)30-16-25-20(27)22(23-21(25)28,17-7-3-1-4-8-17)18-9-5-2-6-10-18;/h1-10H,11-16H2,(H,23,28);1H. The number of rotatable bonds is 6. The van der Waals surface area contributed by atoms with Crippen LogP contribution in [0.3, 0.4) is 0 Å². The van der Waals surface area contributed by atoms with Crippen molar-refractivity contribution in [3.8, 4) is 0 Å². The predicted molar refractivity (Wildman–Crippen MR) is 115 cm³/mol. The summed E-state index contributed by atoms with van der Waals surface area (Å²) in [5, 5.41) is 2.82. The Balaban J connectivity index is 0.00000272. The normalized spacial score (nSPS) is 18.3. The molecule has 0 aliphatic carbocycles. The fourth-order valence-electron chi connectivity index (χ4n) is 3.75. The molecule has 2 heterocycles. The third-order valence-corrected chi connectivity index (χ3v) is 5.33. The van der Waals surface area contributed by atoms with Gasteiger partial charge in [-0.15, -0.1) is 12.4 Å². The highest BCUT2D eigenvalue weighted by atomic mass is 35.5. The monoisotopic (exact) mass is 445 g/mol. The molecule has 0 unspecified atom stereocenters.